The van der Waals surface area contributed by atoms with E-state index in [1.807, 2.05) is 0 Å². The zero-order valence-corrected chi connectivity index (χ0v) is 10.9. The Kier molecular flexibility index (Phi) is 3.48. The van der Waals surface area contributed by atoms with E-state index < -0.39 is 11.9 Å². The van der Waals surface area contributed by atoms with E-state index in [0.29, 0.717) is 16.1 Å². The standard InChI is InChI=1S/C13H12ClNO4/c1-7-8-3-2-4-9(14)12(8)15(6-5-10(16)17)11(7)13(18)19/h2-4H,5-6H2,1H3,(H,16,17)(H,18,19). The van der Waals surface area contributed by atoms with Gasteiger partial charge in [-0.25, -0.2) is 4.79 Å². The van der Waals surface area contributed by atoms with E-state index in [-0.39, 0.29) is 18.7 Å². The van der Waals surface area contributed by atoms with Crippen molar-refractivity contribution in [3.05, 3.63) is 34.5 Å². The highest BCUT2D eigenvalue weighted by molar-refractivity contribution is 6.35. The Morgan fingerprint density at radius 2 is 2.00 bits per heavy atom. The molecule has 0 unspecified atom stereocenters. The highest BCUT2D eigenvalue weighted by Crippen LogP contribution is 2.31. The molecule has 0 fully saturated rings. The Morgan fingerprint density at radius 1 is 1.32 bits per heavy atom. The van der Waals surface area contributed by atoms with Crippen molar-refractivity contribution in [1.82, 2.24) is 4.57 Å². The summed E-state index contributed by atoms with van der Waals surface area (Å²) in [7, 11) is 0. The molecule has 19 heavy (non-hydrogen) atoms. The van der Waals surface area contributed by atoms with Gasteiger partial charge in [0.05, 0.1) is 17.0 Å². The van der Waals surface area contributed by atoms with Gasteiger partial charge in [0, 0.05) is 11.9 Å². The van der Waals surface area contributed by atoms with Gasteiger partial charge in [-0.05, 0) is 18.6 Å². The van der Waals surface area contributed by atoms with Crippen LogP contribution in [0.1, 0.15) is 22.5 Å². The summed E-state index contributed by atoms with van der Waals surface area (Å²) in [5.41, 5.74) is 1.25. The van der Waals surface area contributed by atoms with Crippen LogP contribution in [0.25, 0.3) is 10.9 Å². The molecular formula is C13H12ClNO4. The number of para-hydroxylation sites is 1. The van der Waals surface area contributed by atoms with Crippen LogP contribution in [0.2, 0.25) is 5.02 Å². The molecule has 1 aromatic heterocycles. The third-order valence-electron chi connectivity index (χ3n) is 3.04. The second-order valence-electron chi connectivity index (χ2n) is 4.21. The smallest absolute Gasteiger partial charge is 0.352 e. The number of aromatic nitrogens is 1. The summed E-state index contributed by atoms with van der Waals surface area (Å²) in [6.45, 7) is 1.77. The van der Waals surface area contributed by atoms with Crippen LogP contribution in [0.5, 0.6) is 0 Å². The van der Waals surface area contributed by atoms with Gasteiger partial charge in [-0.1, -0.05) is 23.7 Å². The number of fused-ring (bicyclic) bond motifs is 1. The fourth-order valence-corrected chi connectivity index (χ4v) is 2.52. The van der Waals surface area contributed by atoms with Crippen molar-refractivity contribution >= 4 is 34.4 Å². The minimum atomic E-state index is -1.09. The SMILES string of the molecule is Cc1c(C(=O)O)n(CCC(=O)O)c2c(Cl)cccc12. The van der Waals surface area contributed by atoms with Crippen molar-refractivity contribution in [1.29, 1.82) is 0 Å². The zero-order chi connectivity index (χ0) is 14.2. The van der Waals surface area contributed by atoms with Crippen LogP contribution < -0.4 is 0 Å². The molecule has 0 bridgehead atoms. The molecule has 0 radical (unpaired) electrons. The van der Waals surface area contributed by atoms with Gasteiger partial charge >= 0.3 is 11.9 Å². The lowest BCUT2D eigenvalue weighted by atomic mass is 10.1. The first kappa shape index (κ1) is 13.4. The van der Waals surface area contributed by atoms with Crippen molar-refractivity contribution in [3.8, 4) is 0 Å². The minimum Gasteiger partial charge on any atom is -0.481 e. The van der Waals surface area contributed by atoms with Gasteiger partial charge < -0.3 is 14.8 Å². The van der Waals surface area contributed by atoms with Crippen LogP contribution in [-0.4, -0.2) is 26.7 Å². The van der Waals surface area contributed by atoms with Crippen LogP contribution >= 0.6 is 11.6 Å². The van der Waals surface area contributed by atoms with Gasteiger partial charge in [0.25, 0.3) is 0 Å². The molecule has 100 valence electrons. The number of hydrogen-bond acceptors (Lipinski definition) is 2. The zero-order valence-electron chi connectivity index (χ0n) is 10.2. The molecule has 6 heteroatoms. The Hall–Kier alpha value is -2.01. The van der Waals surface area contributed by atoms with E-state index in [2.05, 4.69) is 0 Å². The number of rotatable bonds is 4. The van der Waals surface area contributed by atoms with Gasteiger partial charge in [0.1, 0.15) is 5.69 Å². The van der Waals surface area contributed by atoms with E-state index in [4.69, 9.17) is 16.7 Å². The fraction of sp³-hybridized carbons (Fsp3) is 0.231. The first-order valence-corrected chi connectivity index (χ1v) is 6.03. The molecule has 0 saturated carbocycles. The first-order valence-electron chi connectivity index (χ1n) is 5.66. The Bertz CT molecular complexity index is 675. The molecule has 2 N–H and O–H groups in total. The summed E-state index contributed by atoms with van der Waals surface area (Å²) in [5, 5.41) is 19.2. The predicted octanol–water partition coefficient (Wildman–Crippen LogP) is 2.78. The van der Waals surface area contributed by atoms with E-state index in [0.717, 1.165) is 5.39 Å². The maximum atomic E-state index is 11.4. The third-order valence-corrected chi connectivity index (χ3v) is 3.34. The molecule has 1 heterocycles. The number of halogens is 1. The summed E-state index contributed by atoms with van der Waals surface area (Å²) in [5.74, 6) is -2.07. The van der Waals surface area contributed by atoms with Crippen LogP contribution in [0.3, 0.4) is 0 Å². The molecule has 0 spiro atoms. The van der Waals surface area contributed by atoms with Gasteiger partial charge in [-0.3, -0.25) is 4.79 Å². The number of carboxylic acids is 2. The lowest BCUT2D eigenvalue weighted by molar-refractivity contribution is -0.137. The van der Waals surface area contributed by atoms with Crippen LogP contribution in [0.4, 0.5) is 0 Å². The van der Waals surface area contributed by atoms with E-state index in [9.17, 15) is 14.7 Å². The Balaban J connectivity index is 2.72. The molecular weight excluding hydrogens is 270 g/mol. The molecule has 0 aliphatic rings. The van der Waals surface area contributed by atoms with Crippen LogP contribution in [0.15, 0.2) is 18.2 Å². The number of hydrogen-bond donors (Lipinski definition) is 2. The molecule has 0 saturated heterocycles. The molecule has 2 aromatic rings. The monoisotopic (exact) mass is 281 g/mol. The van der Waals surface area contributed by atoms with Crippen LogP contribution in [0, 0.1) is 6.92 Å². The molecule has 0 amide bonds. The Labute approximate surface area is 114 Å². The van der Waals surface area contributed by atoms with Crippen molar-refractivity contribution < 1.29 is 19.8 Å². The number of carbonyl (C=O) groups is 2. The number of benzene rings is 1. The minimum absolute atomic E-state index is 0.0744. The van der Waals surface area contributed by atoms with Crippen molar-refractivity contribution in [2.24, 2.45) is 0 Å². The van der Waals surface area contributed by atoms with E-state index >= 15 is 0 Å². The lowest BCUT2D eigenvalue weighted by Crippen LogP contribution is -2.12. The number of aromatic carboxylic acids is 1. The van der Waals surface area contributed by atoms with Gasteiger partial charge in [-0.2, -0.15) is 0 Å². The normalized spacial score (nSPS) is 10.8. The maximum Gasteiger partial charge on any atom is 0.352 e. The predicted molar refractivity (Wildman–Crippen MR) is 70.9 cm³/mol. The molecule has 5 nitrogen and oxygen atoms in total. The van der Waals surface area contributed by atoms with E-state index in [1.165, 1.54) is 4.57 Å². The summed E-state index contributed by atoms with van der Waals surface area (Å²) in [4.78, 5) is 22.0. The summed E-state index contributed by atoms with van der Waals surface area (Å²) in [6, 6.07) is 5.18. The quantitative estimate of drug-likeness (QED) is 0.903. The van der Waals surface area contributed by atoms with Crippen molar-refractivity contribution in [2.45, 2.75) is 19.9 Å². The molecule has 0 atom stereocenters. The fourth-order valence-electron chi connectivity index (χ4n) is 2.24. The Morgan fingerprint density at radius 3 is 2.58 bits per heavy atom. The maximum absolute atomic E-state index is 11.4. The molecule has 1 aromatic carbocycles. The molecule has 0 aliphatic carbocycles. The van der Waals surface area contributed by atoms with Gasteiger partial charge in [0.2, 0.25) is 0 Å². The van der Waals surface area contributed by atoms with Gasteiger partial charge in [-0.15, -0.1) is 0 Å². The third kappa shape index (κ3) is 2.29. The average molecular weight is 282 g/mol. The number of nitrogens with zero attached hydrogens (tertiary/aromatic N) is 1. The first-order chi connectivity index (χ1) is 8.93. The van der Waals surface area contributed by atoms with E-state index in [1.54, 1.807) is 25.1 Å². The van der Waals surface area contributed by atoms with Gasteiger partial charge in [0.15, 0.2) is 0 Å². The number of aryl methyl sites for hydroxylation is 2. The topological polar surface area (TPSA) is 79.5 Å². The lowest BCUT2D eigenvalue weighted by Gasteiger charge is -2.07. The number of aliphatic carboxylic acids is 1. The second kappa shape index (κ2) is 4.93. The highest BCUT2D eigenvalue weighted by atomic mass is 35.5. The summed E-state index contributed by atoms with van der Waals surface area (Å²) < 4.78 is 1.46. The average Bonchev–Trinajstić information content (AvgIpc) is 2.61. The molecule has 0 aliphatic heterocycles. The molecule has 2 rings (SSSR count). The van der Waals surface area contributed by atoms with Crippen molar-refractivity contribution in [2.75, 3.05) is 0 Å². The summed E-state index contributed by atoms with van der Waals surface area (Å²) >= 11 is 6.11. The highest BCUT2D eigenvalue weighted by Gasteiger charge is 2.21. The second-order valence-corrected chi connectivity index (χ2v) is 4.62. The van der Waals surface area contributed by atoms with Crippen LogP contribution in [-0.2, 0) is 11.3 Å². The summed E-state index contributed by atoms with van der Waals surface area (Å²) in [6.07, 6.45) is -0.158. The van der Waals surface area contributed by atoms with Crippen molar-refractivity contribution in [3.63, 3.8) is 0 Å². The number of carboxylic acid groups (broad SMARTS) is 2. The largest absolute Gasteiger partial charge is 0.481 e.